The van der Waals surface area contributed by atoms with Gasteiger partial charge in [-0.15, -0.1) is 0 Å². The molecule has 2 amide bonds. The Morgan fingerprint density at radius 2 is 1.58 bits per heavy atom. The van der Waals surface area contributed by atoms with Gasteiger partial charge in [-0.05, 0) is 35.9 Å². The van der Waals surface area contributed by atoms with E-state index in [2.05, 4.69) is 30.7 Å². The number of para-hydroxylation sites is 2. The molecule has 0 bridgehead atoms. The number of imidazole rings is 1. The van der Waals surface area contributed by atoms with Crippen molar-refractivity contribution in [3.63, 3.8) is 0 Å². The molecule has 10 heteroatoms. The Morgan fingerprint density at radius 1 is 0.837 bits per heavy atom. The fourth-order valence-electron chi connectivity index (χ4n) is 4.76. The third kappa shape index (κ3) is 6.23. The molecule has 0 aliphatic heterocycles. The minimum atomic E-state index is -1.13. The molecule has 43 heavy (non-hydrogen) atoms. The van der Waals surface area contributed by atoms with Gasteiger partial charge in [-0.2, -0.15) is 5.10 Å². The number of pyridine rings is 1. The Labute approximate surface area is 246 Å². The van der Waals surface area contributed by atoms with Crippen molar-refractivity contribution in [2.24, 2.45) is 0 Å². The molecule has 1 unspecified atom stereocenters. The van der Waals surface area contributed by atoms with Crippen LogP contribution in [0, 0.1) is 0 Å². The highest BCUT2D eigenvalue weighted by Gasteiger charge is 2.29. The summed E-state index contributed by atoms with van der Waals surface area (Å²) in [6, 6.07) is 30.3. The topological polar surface area (TPSA) is 135 Å². The van der Waals surface area contributed by atoms with Crippen LogP contribution < -0.4 is 10.6 Å². The van der Waals surface area contributed by atoms with E-state index < -0.39 is 23.6 Å². The average molecular weight is 570 g/mol. The summed E-state index contributed by atoms with van der Waals surface area (Å²) in [5.41, 5.74) is 4.22. The van der Waals surface area contributed by atoms with Crippen LogP contribution in [0.25, 0.3) is 28.1 Å². The van der Waals surface area contributed by atoms with Gasteiger partial charge in [-0.3, -0.25) is 14.4 Å². The number of amides is 2. The molecule has 3 heterocycles. The van der Waals surface area contributed by atoms with Gasteiger partial charge in [0, 0.05) is 24.4 Å². The fourth-order valence-corrected chi connectivity index (χ4v) is 4.76. The molecular formula is C33H27N7O3. The summed E-state index contributed by atoms with van der Waals surface area (Å²) >= 11 is 0. The Morgan fingerprint density at radius 3 is 2.37 bits per heavy atom. The number of carbonyl (C=O) groups excluding carboxylic acids is 3. The Bertz CT molecular complexity index is 1860. The lowest BCUT2D eigenvalue weighted by atomic mass is 10.0. The maximum Gasteiger partial charge on any atom is 0.289 e. The second-order valence-electron chi connectivity index (χ2n) is 9.85. The molecule has 0 radical (unpaired) electrons. The first-order chi connectivity index (χ1) is 21.0. The monoisotopic (exact) mass is 569 g/mol. The van der Waals surface area contributed by atoms with Gasteiger partial charge >= 0.3 is 0 Å². The molecule has 6 rings (SSSR count). The Hall–Kier alpha value is -5.90. The van der Waals surface area contributed by atoms with Gasteiger partial charge in [0.15, 0.2) is 5.82 Å². The van der Waals surface area contributed by atoms with Crippen LogP contribution in [0.5, 0.6) is 0 Å². The van der Waals surface area contributed by atoms with Gasteiger partial charge in [-0.1, -0.05) is 72.8 Å². The number of nitrogens with zero attached hydrogens (tertiary/aromatic N) is 4. The minimum absolute atomic E-state index is 0.0288. The number of hydrogen-bond acceptors (Lipinski definition) is 6. The van der Waals surface area contributed by atoms with E-state index >= 15 is 0 Å². The van der Waals surface area contributed by atoms with Crippen molar-refractivity contribution in [3.8, 4) is 17.1 Å². The van der Waals surface area contributed by atoms with E-state index in [1.165, 1.54) is 4.68 Å². The highest BCUT2D eigenvalue weighted by Crippen LogP contribution is 2.19. The normalized spacial score (nSPS) is 11.6. The summed E-state index contributed by atoms with van der Waals surface area (Å²) in [7, 11) is 0. The van der Waals surface area contributed by atoms with Gasteiger partial charge in [0.1, 0.15) is 11.9 Å². The molecule has 0 aliphatic carbocycles. The van der Waals surface area contributed by atoms with E-state index in [1.807, 2.05) is 91.0 Å². The quantitative estimate of drug-likeness (QED) is 0.213. The third-order valence-corrected chi connectivity index (χ3v) is 6.89. The van der Waals surface area contributed by atoms with Gasteiger partial charge in [-0.25, -0.2) is 14.6 Å². The lowest BCUT2D eigenvalue weighted by molar-refractivity contribution is -0.139. The smallest absolute Gasteiger partial charge is 0.289 e. The largest absolute Gasteiger partial charge is 0.342 e. The number of Topliss-reactive ketones (excluding diaryl/α,β-unsaturated/α-hetero) is 1. The SMILES string of the molecule is O=C(NCc1nc2ccccc2[nH]1)C(=O)C(Cc1ccccc1)NC(=O)c1cccnc1-n1ccc(-c2ccccc2)n1. The van der Waals surface area contributed by atoms with Gasteiger partial charge < -0.3 is 15.6 Å². The van der Waals surface area contributed by atoms with E-state index in [0.717, 1.165) is 27.9 Å². The maximum absolute atomic E-state index is 13.6. The highest BCUT2D eigenvalue weighted by molar-refractivity contribution is 6.38. The number of aromatic amines is 1. The number of nitrogens with one attached hydrogen (secondary N) is 3. The fraction of sp³-hybridized carbons (Fsp3) is 0.0909. The van der Waals surface area contributed by atoms with Crippen molar-refractivity contribution < 1.29 is 14.4 Å². The number of H-pyrrole nitrogens is 1. The minimum Gasteiger partial charge on any atom is -0.342 e. The number of hydrogen-bond donors (Lipinski definition) is 3. The molecule has 0 aliphatic rings. The molecule has 0 fully saturated rings. The first-order valence-electron chi connectivity index (χ1n) is 13.7. The number of aromatic nitrogens is 5. The van der Waals surface area contributed by atoms with Crippen LogP contribution in [0.3, 0.4) is 0 Å². The van der Waals surface area contributed by atoms with Crippen molar-refractivity contribution in [1.82, 2.24) is 35.4 Å². The predicted octanol–water partition coefficient (Wildman–Crippen LogP) is 4.04. The van der Waals surface area contributed by atoms with Crippen molar-refractivity contribution in [2.75, 3.05) is 0 Å². The molecule has 6 aromatic rings. The number of rotatable bonds is 10. The second kappa shape index (κ2) is 12.3. The average Bonchev–Trinajstić information content (AvgIpc) is 3.71. The molecule has 3 aromatic heterocycles. The van der Waals surface area contributed by atoms with Crippen LogP contribution >= 0.6 is 0 Å². The van der Waals surface area contributed by atoms with Gasteiger partial charge in [0.05, 0.1) is 28.8 Å². The zero-order chi connectivity index (χ0) is 29.6. The predicted molar refractivity (Wildman–Crippen MR) is 161 cm³/mol. The molecule has 3 aromatic carbocycles. The number of benzene rings is 3. The van der Waals surface area contributed by atoms with E-state index in [9.17, 15) is 14.4 Å². The molecule has 212 valence electrons. The summed E-state index contributed by atoms with van der Waals surface area (Å²) in [6.45, 7) is 0.0288. The third-order valence-electron chi connectivity index (χ3n) is 6.89. The molecule has 0 saturated carbocycles. The summed E-state index contributed by atoms with van der Waals surface area (Å²) in [5, 5.41) is 10.0. The maximum atomic E-state index is 13.6. The first-order valence-corrected chi connectivity index (χ1v) is 13.7. The van der Waals surface area contributed by atoms with Crippen LogP contribution in [-0.2, 0) is 22.6 Å². The molecule has 0 saturated heterocycles. The molecule has 10 nitrogen and oxygen atoms in total. The standard InChI is InChI=1S/C33H27N7O3/c41-30(33(43)35-21-29-36-26-15-7-8-16-27(26)37-29)28(20-22-10-3-1-4-11-22)38-32(42)24-14-9-18-34-31(24)40-19-17-25(39-40)23-12-5-2-6-13-23/h1-19,28H,20-21H2,(H,35,43)(H,36,37)(H,38,42). The second-order valence-corrected chi connectivity index (χ2v) is 9.85. The van der Waals surface area contributed by atoms with Gasteiger partial charge in [0.25, 0.3) is 11.8 Å². The van der Waals surface area contributed by atoms with Crippen molar-refractivity contribution >= 4 is 28.6 Å². The molecule has 0 spiro atoms. The summed E-state index contributed by atoms with van der Waals surface area (Å²) in [5.74, 6) is -1.35. The lowest BCUT2D eigenvalue weighted by Gasteiger charge is -2.18. The summed E-state index contributed by atoms with van der Waals surface area (Å²) in [4.78, 5) is 52.0. The van der Waals surface area contributed by atoms with Crippen molar-refractivity contribution in [2.45, 2.75) is 19.0 Å². The van der Waals surface area contributed by atoms with Crippen LogP contribution in [-0.4, -0.2) is 48.4 Å². The number of carbonyl (C=O) groups is 3. The van der Waals surface area contributed by atoms with E-state index in [0.29, 0.717) is 11.6 Å². The molecular weight excluding hydrogens is 542 g/mol. The molecule has 3 N–H and O–H groups in total. The van der Waals surface area contributed by atoms with Crippen molar-refractivity contribution in [3.05, 3.63) is 132 Å². The van der Waals surface area contributed by atoms with E-state index in [-0.39, 0.29) is 18.5 Å². The van der Waals surface area contributed by atoms with Crippen LogP contribution in [0.4, 0.5) is 0 Å². The Balaban J connectivity index is 1.21. The van der Waals surface area contributed by atoms with Crippen LogP contribution in [0.15, 0.2) is 116 Å². The highest BCUT2D eigenvalue weighted by atomic mass is 16.2. The van der Waals surface area contributed by atoms with Gasteiger partial charge in [0.2, 0.25) is 5.78 Å². The summed E-state index contributed by atoms with van der Waals surface area (Å²) in [6.07, 6.45) is 3.41. The van der Waals surface area contributed by atoms with E-state index in [1.54, 1.807) is 24.5 Å². The first kappa shape index (κ1) is 27.3. The van der Waals surface area contributed by atoms with Crippen LogP contribution in [0.2, 0.25) is 0 Å². The molecule has 1 atom stereocenters. The number of ketones is 1. The summed E-state index contributed by atoms with van der Waals surface area (Å²) < 4.78 is 1.52. The zero-order valence-electron chi connectivity index (χ0n) is 23.0. The lowest BCUT2D eigenvalue weighted by Crippen LogP contribution is -2.48. The van der Waals surface area contributed by atoms with E-state index in [4.69, 9.17) is 0 Å². The van der Waals surface area contributed by atoms with Crippen molar-refractivity contribution in [1.29, 1.82) is 0 Å². The zero-order valence-corrected chi connectivity index (χ0v) is 23.0. The Kier molecular flexibility index (Phi) is 7.81. The number of fused-ring (bicyclic) bond motifs is 1. The van der Waals surface area contributed by atoms with Crippen LogP contribution in [0.1, 0.15) is 21.7 Å².